The van der Waals surface area contributed by atoms with Gasteiger partial charge in [-0.05, 0) is 29.8 Å². The van der Waals surface area contributed by atoms with Crippen LogP contribution in [0.1, 0.15) is 20.8 Å². The van der Waals surface area contributed by atoms with E-state index < -0.39 is 11.3 Å². The maximum atomic E-state index is 9.79. The number of aliphatic hydroxyl groups is 1. The number of halogens is 1. The molecule has 22 heavy (non-hydrogen) atoms. The van der Waals surface area contributed by atoms with Gasteiger partial charge in [0.2, 0.25) is 0 Å². The minimum atomic E-state index is -0.639. The van der Waals surface area contributed by atoms with Crippen LogP contribution in [0, 0.1) is 5.41 Å². The van der Waals surface area contributed by atoms with Gasteiger partial charge in [-0.15, -0.1) is 0 Å². The number of nitrogens with zero attached hydrogens (tertiary/aromatic N) is 1. The van der Waals surface area contributed by atoms with Crippen LogP contribution >= 0.6 is 36.4 Å². The van der Waals surface area contributed by atoms with E-state index in [0.29, 0.717) is 10.8 Å². The summed E-state index contributed by atoms with van der Waals surface area (Å²) in [5.41, 5.74) is 4.09. The molecule has 124 valence electrons. The van der Waals surface area contributed by atoms with Crippen LogP contribution in [0.4, 0.5) is 10.6 Å². The van der Waals surface area contributed by atoms with E-state index in [4.69, 9.17) is 33.4 Å². The number of nitrogens with one attached hydrogen (secondary N) is 1. The number of hydrogen-bond donors (Lipinski definition) is 4. The first kappa shape index (κ1) is 20.9. The number of ether oxygens (including phenoxy) is 1. The van der Waals surface area contributed by atoms with E-state index >= 15 is 0 Å². The van der Waals surface area contributed by atoms with Crippen molar-refractivity contribution >= 4 is 52.7 Å². The first-order valence-corrected chi connectivity index (χ1v) is 7.47. The lowest BCUT2D eigenvalue weighted by Gasteiger charge is -2.25. The Morgan fingerprint density at radius 2 is 2.14 bits per heavy atom. The molecule has 0 aromatic carbocycles. The summed E-state index contributed by atoms with van der Waals surface area (Å²) in [6.45, 7) is 5.93. The third kappa shape index (κ3) is 10.6. The van der Waals surface area contributed by atoms with E-state index in [-0.39, 0.29) is 17.2 Å². The number of aliphatic hydroxyl groups excluding tert-OH is 1. The summed E-state index contributed by atoms with van der Waals surface area (Å²) in [4.78, 5) is 13.1. The van der Waals surface area contributed by atoms with E-state index in [1.807, 2.05) is 20.8 Å². The molecule has 1 rings (SSSR count). The maximum Gasteiger partial charge on any atom is 0.273 e. The zero-order valence-corrected chi connectivity index (χ0v) is 15.0. The molecule has 0 bridgehead atoms. The predicted octanol–water partition coefficient (Wildman–Crippen LogP) is 2.85. The fourth-order valence-electron chi connectivity index (χ4n) is 0.995. The van der Waals surface area contributed by atoms with Crippen LogP contribution in [0.25, 0.3) is 0 Å². The summed E-state index contributed by atoms with van der Waals surface area (Å²) < 4.78 is 5.26. The van der Waals surface area contributed by atoms with Gasteiger partial charge in [-0.25, -0.2) is 4.98 Å². The van der Waals surface area contributed by atoms with Gasteiger partial charge in [0.25, 0.3) is 10.4 Å². The third-order valence-electron chi connectivity index (χ3n) is 2.33. The van der Waals surface area contributed by atoms with E-state index in [2.05, 4.69) is 28.7 Å². The summed E-state index contributed by atoms with van der Waals surface area (Å²) in [5, 5.41) is 12.7. The second kappa shape index (κ2) is 9.83. The van der Waals surface area contributed by atoms with Gasteiger partial charge >= 0.3 is 0 Å². The average Bonchev–Trinajstić information content (AvgIpc) is 2.37. The van der Waals surface area contributed by atoms with Crippen LogP contribution in [0.5, 0.6) is 0 Å². The van der Waals surface area contributed by atoms with Gasteiger partial charge in [0, 0.05) is 6.20 Å². The quantitative estimate of drug-likeness (QED) is 0.485. The van der Waals surface area contributed by atoms with Gasteiger partial charge in [-0.2, -0.15) is 0 Å². The molecule has 1 amide bonds. The monoisotopic (exact) mass is 365 g/mol. The number of anilines is 1. The highest BCUT2D eigenvalue weighted by molar-refractivity contribution is 7.96. The van der Waals surface area contributed by atoms with Crippen molar-refractivity contribution in [2.24, 2.45) is 11.1 Å². The standard InChI is InChI=1S/C12H17ClN2O2S.CH3NOS/c1-12(2,3)9(16)7-17-11(18)15-10-5-4-8(13)6-14-10;2-1(3)4/h4-6,9,16H,7H2,1-3H3,(H,14,15,18);(H3,2,3,4). The van der Waals surface area contributed by atoms with Crippen molar-refractivity contribution in [3.8, 4) is 0 Å². The number of aromatic nitrogens is 1. The van der Waals surface area contributed by atoms with Crippen LogP contribution in [0.3, 0.4) is 0 Å². The van der Waals surface area contributed by atoms with Crippen molar-refractivity contribution in [2.75, 3.05) is 11.9 Å². The highest BCUT2D eigenvalue weighted by atomic mass is 35.5. The second-order valence-electron chi connectivity index (χ2n) is 5.31. The Morgan fingerprint density at radius 3 is 2.55 bits per heavy atom. The maximum absolute atomic E-state index is 9.79. The van der Waals surface area contributed by atoms with Crippen molar-refractivity contribution in [3.63, 3.8) is 0 Å². The average molecular weight is 366 g/mol. The van der Waals surface area contributed by atoms with E-state index in [1.54, 1.807) is 12.1 Å². The van der Waals surface area contributed by atoms with Crippen LogP contribution < -0.4 is 11.1 Å². The molecule has 0 spiro atoms. The molecular weight excluding hydrogens is 346 g/mol. The molecule has 9 heteroatoms. The molecule has 0 fully saturated rings. The largest absolute Gasteiger partial charge is 0.468 e. The number of thiocarbonyl (C=S) groups is 1. The van der Waals surface area contributed by atoms with Crippen molar-refractivity contribution < 1.29 is 14.6 Å². The van der Waals surface area contributed by atoms with Crippen molar-refractivity contribution in [1.29, 1.82) is 0 Å². The molecule has 6 nitrogen and oxygen atoms in total. The Morgan fingerprint density at radius 1 is 1.59 bits per heavy atom. The predicted molar refractivity (Wildman–Crippen MR) is 95.5 cm³/mol. The summed E-state index contributed by atoms with van der Waals surface area (Å²) in [6, 6.07) is 3.39. The van der Waals surface area contributed by atoms with Crippen LogP contribution in [0.2, 0.25) is 5.02 Å². The molecule has 0 aliphatic rings. The van der Waals surface area contributed by atoms with Crippen molar-refractivity contribution in [1.82, 2.24) is 4.98 Å². The minimum absolute atomic E-state index is 0.142. The van der Waals surface area contributed by atoms with Gasteiger partial charge in [0.15, 0.2) is 0 Å². The highest BCUT2D eigenvalue weighted by Gasteiger charge is 2.22. The zero-order chi connectivity index (χ0) is 17.3. The Balaban J connectivity index is 0.000000980. The number of carbonyl (C=O) groups excluding carboxylic acids is 1. The molecule has 0 radical (unpaired) electrons. The Hall–Kier alpha value is -1.09. The van der Waals surface area contributed by atoms with Crippen molar-refractivity contribution in [3.05, 3.63) is 23.4 Å². The highest BCUT2D eigenvalue weighted by Crippen LogP contribution is 2.19. The number of rotatable bonds is 3. The van der Waals surface area contributed by atoms with Crippen LogP contribution in [0.15, 0.2) is 18.3 Å². The molecular formula is C13H20ClN3O3S2. The first-order valence-electron chi connectivity index (χ1n) is 6.24. The van der Waals surface area contributed by atoms with Crippen molar-refractivity contribution in [2.45, 2.75) is 26.9 Å². The minimum Gasteiger partial charge on any atom is -0.468 e. The second-order valence-corrected chi connectivity index (χ2v) is 6.55. The van der Waals surface area contributed by atoms with Gasteiger partial charge in [0.05, 0.1) is 11.1 Å². The molecule has 1 aromatic rings. The summed E-state index contributed by atoms with van der Waals surface area (Å²) in [6.07, 6.45) is 0.923. The van der Waals surface area contributed by atoms with Gasteiger partial charge in [-0.1, -0.05) is 45.0 Å². The Kier molecular flexibility index (Phi) is 9.34. The fraction of sp³-hybridized carbons (Fsp3) is 0.462. The number of nitrogens with two attached hydrogens (primary N) is 1. The third-order valence-corrected chi connectivity index (χ3v) is 2.77. The normalized spacial score (nSPS) is 11.7. The lowest BCUT2D eigenvalue weighted by atomic mass is 9.90. The number of pyridine rings is 1. The van der Waals surface area contributed by atoms with Crippen LogP contribution in [-0.2, 0) is 4.74 Å². The van der Waals surface area contributed by atoms with Gasteiger partial charge in [0.1, 0.15) is 12.4 Å². The Bertz CT molecular complexity index is 488. The van der Waals surface area contributed by atoms with E-state index in [9.17, 15) is 5.11 Å². The molecule has 0 aliphatic carbocycles. The number of primary amides is 1. The number of carbonyl (C=O) groups is 1. The number of thiol groups is 1. The summed E-state index contributed by atoms with van der Waals surface area (Å²) in [7, 11) is 0. The van der Waals surface area contributed by atoms with Crippen LogP contribution in [-0.4, -0.2) is 33.2 Å². The molecule has 1 heterocycles. The molecule has 1 aromatic heterocycles. The van der Waals surface area contributed by atoms with E-state index in [0.717, 1.165) is 0 Å². The lowest BCUT2D eigenvalue weighted by molar-refractivity contribution is 0.0190. The molecule has 0 aliphatic heterocycles. The van der Waals surface area contributed by atoms with Gasteiger partial charge in [-0.3, -0.25) is 4.79 Å². The zero-order valence-electron chi connectivity index (χ0n) is 12.5. The number of hydrogen-bond acceptors (Lipinski definition) is 5. The van der Waals surface area contributed by atoms with E-state index in [1.165, 1.54) is 6.20 Å². The SMILES string of the molecule is CC(C)(C)C(O)COC(=S)Nc1ccc(Cl)cn1.NC(=O)S. The Labute approximate surface area is 145 Å². The molecule has 0 saturated heterocycles. The smallest absolute Gasteiger partial charge is 0.273 e. The van der Waals surface area contributed by atoms with Gasteiger partial charge < -0.3 is 20.9 Å². The summed E-state index contributed by atoms with van der Waals surface area (Å²) in [5.74, 6) is 0.551. The topological polar surface area (TPSA) is 97.5 Å². The lowest BCUT2D eigenvalue weighted by Crippen LogP contribution is -2.32. The number of amides is 1. The fourth-order valence-corrected chi connectivity index (χ4v) is 1.28. The molecule has 1 unspecified atom stereocenters. The first-order chi connectivity index (χ1) is 10.0. The molecule has 4 N–H and O–H groups in total. The molecule has 1 atom stereocenters. The molecule has 0 saturated carbocycles. The summed E-state index contributed by atoms with van der Waals surface area (Å²) >= 11 is 13.8.